The summed E-state index contributed by atoms with van der Waals surface area (Å²) in [4.78, 5) is 18.0. The fourth-order valence-corrected chi connectivity index (χ4v) is 3.51. The number of benzene rings is 1. The van der Waals surface area contributed by atoms with Crippen LogP contribution < -0.4 is 0 Å². The molecular formula is C18H24N2O. The van der Waals surface area contributed by atoms with E-state index in [2.05, 4.69) is 48.0 Å². The van der Waals surface area contributed by atoms with Gasteiger partial charge in [0.05, 0.1) is 6.04 Å². The van der Waals surface area contributed by atoms with Crippen molar-refractivity contribution in [2.75, 3.05) is 6.54 Å². The maximum atomic E-state index is 12.3. The summed E-state index contributed by atoms with van der Waals surface area (Å²) in [6.45, 7) is 7.26. The van der Waals surface area contributed by atoms with Gasteiger partial charge in [0, 0.05) is 29.6 Å². The number of hydrogen-bond acceptors (Lipinski definition) is 1. The number of nitrogens with zero attached hydrogens (tertiary/aromatic N) is 1. The van der Waals surface area contributed by atoms with E-state index in [1.807, 2.05) is 6.92 Å². The van der Waals surface area contributed by atoms with Gasteiger partial charge >= 0.3 is 0 Å². The van der Waals surface area contributed by atoms with Gasteiger partial charge in [-0.3, -0.25) is 4.79 Å². The van der Waals surface area contributed by atoms with Crippen molar-refractivity contribution in [1.29, 1.82) is 0 Å². The molecule has 3 nitrogen and oxygen atoms in total. The largest absolute Gasteiger partial charge is 0.356 e. The van der Waals surface area contributed by atoms with Crippen LogP contribution in [0.1, 0.15) is 50.9 Å². The molecule has 0 saturated heterocycles. The van der Waals surface area contributed by atoms with E-state index in [0.29, 0.717) is 12.3 Å². The molecule has 0 fully saturated rings. The molecule has 1 N–H and O–H groups in total. The van der Waals surface area contributed by atoms with Crippen LogP contribution in [0.4, 0.5) is 0 Å². The summed E-state index contributed by atoms with van der Waals surface area (Å²) >= 11 is 0. The molecule has 21 heavy (non-hydrogen) atoms. The minimum atomic E-state index is 0.202. The van der Waals surface area contributed by atoms with Crippen LogP contribution in [0.25, 0.3) is 10.9 Å². The first-order chi connectivity index (χ1) is 10.1. The Morgan fingerprint density at radius 3 is 2.86 bits per heavy atom. The van der Waals surface area contributed by atoms with Crippen LogP contribution in [0.5, 0.6) is 0 Å². The van der Waals surface area contributed by atoms with Crippen LogP contribution in [0.3, 0.4) is 0 Å². The molecule has 3 rings (SSSR count). The summed E-state index contributed by atoms with van der Waals surface area (Å²) in [5.74, 6) is 0.837. The van der Waals surface area contributed by atoms with Crippen LogP contribution in [0.15, 0.2) is 24.3 Å². The quantitative estimate of drug-likeness (QED) is 0.907. The second kappa shape index (κ2) is 5.55. The molecular weight excluding hydrogens is 260 g/mol. The Kier molecular flexibility index (Phi) is 3.75. The Labute approximate surface area is 126 Å². The molecule has 2 heterocycles. The van der Waals surface area contributed by atoms with Gasteiger partial charge in [-0.05, 0) is 30.4 Å². The van der Waals surface area contributed by atoms with Crippen LogP contribution in [0.2, 0.25) is 0 Å². The fourth-order valence-electron chi connectivity index (χ4n) is 3.51. The molecule has 1 aliphatic heterocycles. The van der Waals surface area contributed by atoms with Crippen molar-refractivity contribution in [3.8, 4) is 0 Å². The number of aromatic amines is 1. The van der Waals surface area contributed by atoms with Gasteiger partial charge in [-0.15, -0.1) is 0 Å². The normalized spacial score (nSPS) is 18.3. The molecule has 0 bridgehead atoms. The summed E-state index contributed by atoms with van der Waals surface area (Å²) in [6.07, 6.45) is 2.56. The van der Waals surface area contributed by atoms with Crippen molar-refractivity contribution in [2.24, 2.45) is 5.92 Å². The number of para-hydroxylation sites is 1. The molecule has 1 atom stereocenters. The zero-order valence-electron chi connectivity index (χ0n) is 13.1. The van der Waals surface area contributed by atoms with E-state index in [1.165, 1.54) is 22.2 Å². The summed E-state index contributed by atoms with van der Waals surface area (Å²) < 4.78 is 0. The summed E-state index contributed by atoms with van der Waals surface area (Å²) in [5, 5.41) is 1.32. The lowest BCUT2D eigenvalue weighted by molar-refractivity contribution is -0.134. The van der Waals surface area contributed by atoms with Crippen molar-refractivity contribution in [1.82, 2.24) is 9.88 Å². The van der Waals surface area contributed by atoms with Gasteiger partial charge in [0.2, 0.25) is 5.91 Å². The van der Waals surface area contributed by atoms with Crippen LogP contribution in [-0.2, 0) is 11.2 Å². The number of carbonyl (C=O) groups excluding carboxylic acids is 1. The number of carbonyl (C=O) groups is 1. The maximum Gasteiger partial charge on any atom is 0.222 e. The van der Waals surface area contributed by atoms with Gasteiger partial charge in [-0.1, -0.05) is 39.0 Å². The van der Waals surface area contributed by atoms with Crippen LogP contribution in [-0.4, -0.2) is 22.3 Å². The van der Waals surface area contributed by atoms with E-state index in [1.54, 1.807) is 0 Å². The van der Waals surface area contributed by atoms with E-state index in [4.69, 9.17) is 0 Å². The first-order valence-electron chi connectivity index (χ1n) is 8.00. The molecule has 112 valence electrons. The predicted octanol–water partition coefficient (Wildman–Crippen LogP) is 4.05. The van der Waals surface area contributed by atoms with Crippen LogP contribution >= 0.6 is 0 Å². The maximum absolute atomic E-state index is 12.3. The SMILES string of the molecule is CCC(=O)N1CCc2c([nH]c3ccccc23)C1CC(C)C. The number of nitrogens with one attached hydrogen (secondary N) is 1. The van der Waals surface area contributed by atoms with Crippen molar-refractivity contribution in [3.05, 3.63) is 35.5 Å². The lowest BCUT2D eigenvalue weighted by Gasteiger charge is -2.36. The Bertz CT molecular complexity index is 656. The predicted molar refractivity (Wildman–Crippen MR) is 86.2 cm³/mol. The Morgan fingerprint density at radius 1 is 1.38 bits per heavy atom. The molecule has 0 aliphatic carbocycles. The van der Waals surface area contributed by atoms with E-state index in [0.717, 1.165) is 19.4 Å². The average molecular weight is 284 g/mol. The number of rotatable bonds is 3. The number of amides is 1. The zero-order chi connectivity index (χ0) is 15.0. The minimum Gasteiger partial charge on any atom is -0.356 e. The highest BCUT2D eigenvalue weighted by molar-refractivity contribution is 5.86. The first kappa shape index (κ1) is 14.2. The van der Waals surface area contributed by atoms with E-state index in [-0.39, 0.29) is 11.9 Å². The molecule has 1 aromatic carbocycles. The Hall–Kier alpha value is -1.77. The molecule has 1 amide bonds. The zero-order valence-corrected chi connectivity index (χ0v) is 13.1. The second-order valence-corrected chi connectivity index (χ2v) is 6.40. The van der Waals surface area contributed by atoms with Crippen molar-refractivity contribution in [2.45, 2.75) is 46.1 Å². The van der Waals surface area contributed by atoms with Gasteiger partial charge in [0.1, 0.15) is 0 Å². The molecule has 0 spiro atoms. The lowest BCUT2D eigenvalue weighted by atomic mass is 9.91. The van der Waals surface area contributed by atoms with E-state index >= 15 is 0 Å². The van der Waals surface area contributed by atoms with Crippen LogP contribution in [0, 0.1) is 5.92 Å². The number of hydrogen-bond donors (Lipinski definition) is 1. The first-order valence-corrected chi connectivity index (χ1v) is 8.00. The number of aromatic nitrogens is 1. The lowest BCUT2D eigenvalue weighted by Crippen LogP contribution is -2.40. The molecule has 1 aliphatic rings. The van der Waals surface area contributed by atoms with Gasteiger partial charge in [-0.2, -0.15) is 0 Å². The standard InChI is InChI=1S/C18H24N2O/c1-4-17(21)20-10-9-14-13-7-5-6-8-15(13)19-18(14)16(20)11-12(2)3/h5-8,12,16,19H,4,9-11H2,1-3H3. The van der Waals surface area contributed by atoms with Crippen molar-refractivity contribution in [3.63, 3.8) is 0 Å². The number of fused-ring (bicyclic) bond motifs is 3. The third-order valence-electron chi connectivity index (χ3n) is 4.48. The molecule has 1 aromatic heterocycles. The molecule has 0 saturated carbocycles. The topological polar surface area (TPSA) is 36.1 Å². The highest BCUT2D eigenvalue weighted by atomic mass is 16.2. The summed E-state index contributed by atoms with van der Waals surface area (Å²) in [5.41, 5.74) is 3.87. The molecule has 2 aromatic rings. The van der Waals surface area contributed by atoms with Gasteiger partial charge in [-0.25, -0.2) is 0 Å². The molecule has 3 heteroatoms. The minimum absolute atomic E-state index is 0.202. The third-order valence-corrected chi connectivity index (χ3v) is 4.48. The van der Waals surface area contributed by atoms with Crippen molar-refractivity contribution >= 4 is 16.8 Å². The van der Waals surface area contributed by atoms with E-state index < -0.39 is 0 Å². The highest BCUT2D eigenvalue weighted by Gasteiger charge is 2.32. The van der Waals surface area contributed by atoms with E-state index in [9.17, 15) is 4.79 Å². The summed E-state index contributed by atoms with van der Waals surface area (Å²) in [6, 6.07) is 8.68. The fraction of sp³-hybridized carbons (Fsp3) is 0.500. The van der Waals surface area contributed by atoms with Gasteiger partial charge < -0.3 is 9.88 Å². The smallest absolute Gasteiger partial charge is 0.222 e. The van der Waals surface area contributed by atoms with Gasteiger partial charge in [0.15, 0.2) is 0 Å². The Morgan fingerprint density at radius 2 is 2.14 bits per heavy atom. The third kappa shape index (κ3) is 2.45. The average Bonchev–Trinajstić information content (AvgIpc) is 2.85. The Balaban J connectivity index is 2.08. The number of H-pyrrole nitrogens is 1. The molecule has 0 radical (unpaired) electrons. The monoisotopic (exact) mass is 284 g/mol. The second-order valence-electron chi connectivity index (χ2n) is 6.40. The van der Waals surface area contributed by atoms with Crippen molar-refractivity contribution < 1.29 is 4.79 Å². The summed E-state index contributed by atoms with van der Waals surface area (Å²) in [7, 11) is 0. The highest BCUT2D eigenvalue weighted by Crippen LogP contribution is 2.37. The molecule has 1 unspecified atom stereocenters. The van der Waals surface area contributed by atoms with Gasteiger partial charge in [0.25, 0.3) is 0 Å².